The average Bonchev–Trinajstić information content (AvgIpc) is 2.93. The van der Waals surface area contributed by atoms with E-state index in [2.05, 4.69) is 17.6 Å². The molecule has 1 aromatic rings. The third-order valence-corrected chi connectivity index (χ3v) is 6.05. The van der Waals surface area contributed by atoms with Gasteiger partial charge in [0.15, 0.2) is 9.84 Å². The second kappa shape index (κ2) is 6.88. The van der Waals surface area contributed by atoms with Crippen LogP contribution in [0.5, 0.6) is 0 Å². The number of carbonyl (C=O) groups is 1. The van der Waals surface area contributed by atoms with Gasteiger partial charge in [0, 0.05) is 25.8 Å². The zero-order chi connectivity index (χ0) is 17.2. The van der Waals surface area contributed by atoms with Crippen molar-refractivity contribution in [2.45, 2.75) is 31.2 Å². The summed E-state index contributed by atoms with van der Waals surface area (Å²) in [5, 5.41) is 6.16. The van der Waals surface area contributed by atoms with Crippen LogP contribution in [-0.2, 0) is 9.84 Å². The molecule has 2 N–H and O–H groups in total. The standard InChI is InChI=1S/C16H25N3O3S/c1-5-23(21,22)14-7-6-12(18-16(20)19(3)4)10-13(14)15-11(2)8-9-17-15/h6-7,10-11,15,17H,5,8-9H2,1-4H3,(H,18,20)/t11-,15+/m0/s1. The highest BCUT2D eigenvalue weighted by molar-refractivity contribution is 7.91. The fraction of sp³-hybridized carbons (Fsp3) is 0.562. The number of nitrogens with one attached hydrogen (secondary N) is 2. The van der Waals surface area contributed by atoms with Crippen LogP contribution >= 0.6 is 0 Å². The van der Waals surface area contributed by atoms with Crippen LogP contribution in [0.15, 0.2) is 23.1 Å². The summed E-state index contributed by atoms with van der Waals surface area (Å²) in [6.07, 6.45) is 1.00. The van der Waals surface area contributed by atoms with Gasteiger partial charge in [-0.05, 0) is 42.6 Å². The number of anilines is 1. The molecule has 0 aromatic heterocycles. The predicted octanol–water partition coefficient (Wildman–Crippen LogP) is 2.24. The van der Waals surface area contributed by atoms with Crippen molar-refractivity contribution in [3.8, 4) is 0 Å². The average molecular weight is 339 g/mol. The Balaban J connectivity index is 2.46. The topological polar surface area (TPSA) is 78.5 Å². The number of hydrogen-bond acceptors (Lipinski definition) is 4. The molecule has 2 atom stereocenters. The molecule has 0 bridgehead atoms. The van der Waals surface area contributed by atoms with Crippen molar-refractivity contribution >= 4 is 21.6 Å². The summed E-state index contributed by atoms with van der Waals surface area (Å²) >= 11 is 0. The molecule has 1 aliphatic heterocycles. The Bertz CT molecular complexity index is 686. The Hall–Kier alpha value is -1.60. The minimum Gasteiger partial charge on any atom is -0.331 e. The van der Waals surface area contributed by atoms with E-state index >= 15 is 0 Å². The number of carbonyl (C=O) groups excluding carboxylic acids is 1. The van der Waals surface area contributed by atoms with Gasteiger partial charge in [-0.15, -0.1) is 0 Å². The van der Waals surface area contributed by atoms with Gasteiger partial charge >= 0.3 is 6.03 Å². The monoisotopic (exact) mass is 339 g/mol. The van der Waals surface area contributed by atoms with Gasteiger partial charge in [-0.1, -0.05) is 13.8 Å². The van der Waals surface area contributed by atoms with Crippen molar-refractivity contribution in [3.63, 3.8) is 0 Å². The van der Waals surface area contributed by atoms with Crippen molar-refractivity contribution < 1.29 is 13.2 Å². The number of sulfone groups is 1. The van der Waals surface area contributed by atoms with Crippen LogP contribution in [0.4, 0.5) is 10.5 Å². The second-order valence-electron chi connectivity index (χ2n) is 6.18. The van der Waals surface area contributed by atoms with Crippen molar-refractivity contribution in [2.24, 2.45) is 5.92 Å². The molecule has 1 fully saturated rings. The minimum atomic E-state index is -3.31. The highest BCUT2D eigenvalue weighted by Crippen LogP contribution is 2.35. The molecular formula is C16H25N3O3S. The highest BCUT2D eigenvalue weighted by atomic mass is 32.2. The molecule has 2 amide bonds. The van der Waals surface area contributed by atoms with Crippen LogP contribution < -0.4 is 10.6 Å². The molecule has 0 aliphatic carbocycles. The molecule has 1 aromatic carbocycles. The minimum absolute atomic E-state index is 0.0115. The molecule has 0 spiro atoms. The Labute approximate surface area is 138 Å². The van der Waals surface area contributed by atoms with E-state index in [9.17, 15) is 13.2 Å². The van der Waals surface area contributed by atoms with E-state index in [4.69, 9.17) is 0 Å². The van der Waals surface area contributed by atoms with E-state index in [1.807, 2.05) is 0 Å². The van der Waals surface area contributed by atoms with Gasteiger partial charge in [0.1, 0.15) is 0 Å². The number of rotatable bonds is 4. The van der Waals surface area contributed by atoms with Crippen LogP contribution in [0, 0.1) is 5.92 Å². The number of nitrogens with zero attached hydrogens (tertiary/aromatic N) is 1. The zero-order valence-corrected chi connectivity index (χ0v) is 14.9. The fourth-order valence-corrected chi connectivity index (χ4v) is 3.93. The molecule has 23 heavy (non-hydrogen) atoms. The Morgan fingerprint density at radius 2 is 2.09 bits per heavy atom. The lowest BCUT2D eigenvalue weighted by Crippen LogP contribution is -2.27. The highest BCUT2D eigenvalue weighted by Gasteiger charge is 2.30. The fourth-order valence-electron chi connectivity index (χ4n) is 2.79. The summed E-state index contributed by atoms with van der Waals surface area (Å²) in [5.41, 5.74) is 1.35. The summed E-state index contributed by atoms with van der Waals surface area (Å²) in [7, 11) is 0.00458. The maximum Gasteiger partial charge on any atom is 0.321 e. The van der Waals surface area contributed by atoms with E-state index in [0.29, 0.717) is 16.5 Å². The largest absolute Gasteiger partial charge is 0.331 e. The summed E-state index contributed by atoms with van der Waals surface area (Å²) in [6, 6.07) is 4.78. The maximum absolute atomic E-state index is 12.4. The second-order valence-corrected chi connectivity index (χ2v) is 8.43. The normalized spacial score (nSPS) is 21.2. The first-order chi connectivity index (χ1) is 10.8. The SMILES string of the molecule is CCS(=O)(=O)c1ccc(NC(=O)N(C)C)cc1[C@@H]1NCC[C@@H]1C. The van der Waals surface area contributed by atoms with Gasteiger partial charge < -0.3 is 15.5 Å². The quantitative estimate of drug-likeness (QED) is 0.882. The molecule has 7 heteroatoms. The van der Waals surface area contributed by atoms with E-state index in [-0.39, 0.29) is 17.8 Å². The molecule has 0 radical (unpaired) electrons. The van der Waals surface area contributed by atoms with Crippen molar-refractivity contribution in [2.75, 3.05) is 31.7 Å². The number of benzene rings is 1. The van der Waals surface area contributed by atoms with Gasteiger partial charge in [-0.25, -0.2) is 13.2 Å². The van der Waals surface area contributed by atoms with Crippen molar-refractivity contribution in [1.82, 2.24) is 10.2 Å². The first-order valence-corrected chi connectivity index (χ1v) is 9.50. The van der Waals surface area contributed by atoms with Gasteiger partial charge in [0.2, 0.25) is 0 Å². The summed E-state index contributed by atoms with van der Waals surface area (Å²) in [6.45, 7) is 4.62. The Kier molecular flexibility index (Phi) is 5.31. The van der Waals surface area contributed by atoms with Gasteiger partial charge in [-0.3, -0.25) is 0 Å². The van der Waals surface area contributed by atoms with Crippen LogP contribution in [-0.4, -0.2) is 45.7 Å². The van der Waals surface area contributed by atoms with E-state index in [0.717, 1.165) is 18.5 Å². The predicted molar refractivity (Wildman–Crippen MR) is 91.4 cm³/mol. The molecule has 1 heterocycles. The zero-order valence-electron chi connectivity index (χ0n) is 14.1. The summed E-state index contributed by atoms with van der Waals surface area (Å²) in [4.78, 5) is 13.6. The van der Waals surface area contributed by atoms with Crippen LogP contribution in [0.3, 0.4) is 0 Å². The molecule has 0 saturated carbocycles. The van der Waals surface area contributed by atoms with E-state index in [1.54, 1.807) is 39.2 Å². The molecular weight excluding hydrogens is 314 g/mol. The Morgan fingerprint density at radius 1 is 1.39 bits per heavy atom. The number of hydrogen-bond donors (Lipinski definition) is 2. The third kappa shape index (κ3) is 3.84. The molecule has 6 nitrogen and oxygen atoms in total. The van der Waals surface area contributed by atoms with Gasteiger partial charge in [0.05, 0.1) is 10.6 Å². The van der Waals surface area contributed by atoms with Crippen LogP contribution in [0.1, 0.15) is 31.9 Å². The van der Waals surface area contributed by atoms with Gasteiger partial charge in [-0.2, -0.15) is 0 Å². The lowest BCUT2D eigenvalue weighted by Gasteiger charge is -2.21. The van der Waals surface area contributed by atoms with Crippen molar-refractivity contribution in [3.05, 3.63) is 23.8 Å². The Morgan fingerprint density at radius 3 is 2.61 bits per heavy atom. The van der Waals surface area contributed by atoms with Crippen molar-refractivity contribution in [1.29, 1.82) is 0 Å². The molecule has 2 rings (SSSR count). The van der Waals surface area contributed by atoms with Crippen LogP contribution in [0.2, 0.25) is 0 Å². The molecule has 0 unspecified atom stereocenters. The van der Waals surface area contributed by atoms with Gasteiger partial charge in [0.25, 0.3) is 0 Å². The van der Waals surface area contributed by atoms with Crippen LogP contribution in [0.25, 0.3) is 0 Å². The molecule has 1 saturated heterocycles. The first kappa shape index (κ1) is 17.7. The number of urea groups is 1. The smallest absolute Gasteiger partial charge is 0.321 e. The summed E-state index contributed by atoms with van der Waals surface area (Å²) < 4.78 is 24.8. The lowest BCUT2D eigenvalue weighted by atomic mass is 9.95. The van der Waals surface area contributed by atoms with E-state index in [1.165, 1.54) is 4.90 Å². The third-order valence-electron chi connectivity index (χ3n) is 4.25. The summed E-state index contributed by atoms with van der Waals surface area (Å²) in [5.74, 6) is 0.408. The molecule has 128 valence electrons. The molecule has 1 aliphatic rings. The lowest BCUT2D eigenvalue weighted by molar-refractivity contribution is 0.230. The number of amides is 2. The first-order valence-electron chi connectivity index (χ1n) is 7.84. The van der Waals surface area contributed by atoms with E-state index < -0.39 is 9.84 Å². The maximum atomic E-state index is 12.4.